The van der Waals surface area contributed by atoms with E-state index >= 15 is 0 Å². The lowest BCUT2D eigenvalue weighted by Crippen LogP contribution is -2.22. The van der Waals surface area contributed by atoms with E-state index in [4.69, 9.17) is 5.11 Å². The van der Waals surface area contributed by atoms with Crippen LogP contribution in [0.2, 0.25) is 0 Å². The average molecular weight is 145 g/mol. The molecule has 0 aliphatic rings. The number of carbonyl (C=O) groups excluding carboxylic acids is 1. The molecular weight excluding hydrogens is 134 g/mol. The molecule has 0 aliphatic carbocycles. The number of carboxylic acids is 1. The van der Waals surface area contributed by atoms with Crippen LogP contribution < -0.4 is 5.32 Å². The maximum atomic E-state index is 10.6. The average Bonchev–Trinajstić information content (AvgIpc) is 1.85. The van der Waals surface area contributed by atoms with Gasteiger partial charge in [0.2, 0.25) is 5.91 Å². The SMILES string of the molecule is CCNC(=O)CCC(=O)O. The van der Waals surface area contributed by atoms with Crippen molar-refractivity contribution in [1.82, 2.24) is 5.32 Å². The van der Waals surface area contributed by atoms with Crippen LogP contribution in [-0.2, 0) is 9.59 Å². The predicted octanol–water partition coefficient (Wildman–Crippen LogP) is -0.0127. The Bertz CT molecular complexity index is 133. The summed E-state index contributed by atoms with van der Waals surface area (Å²) in [6, 6.07) is 0. The zero-order chi connectivity index (χ0) is 7.98. The lowest BCUT2D eigenvalue weighted by molar-refractivity contribution is -0.138. The highest BCUT2D eigenvalue weighted by atomic mass is 16.4. The highest BCUT2D eigenvalue weighted by Crippen LogP contribution is 1.87. The molecule has 2 N–H and O–H groups in total. The fourth-order valence-electron chi connectivity index (χ4n) is 0.506. The molecule has 0 radical (unpaired) electrons. The Balaban J connectivity index is 3.30. The van der Waals surface area contributed by atoms with E-state index in [2.05, 4.69) is 5.32 Å². The van der Waals surface area contributed by atoms with E-state index in [1.807, 2.05) is 0 Å². The first kappa shape index (κ1) is 8.94. The van der Waals surface area contributed by atoms with Crippen molar-refractivity contribution < 1.29 is 14.7 Å². The van der Waals surface area contributed by atoms with Crippen LogP contribution >= 0.6 is 0 Å². The zero-order valence-corrected chi connectivity index (χ0v) is 5.89. The maximum absolute atomic E-state index is 10.6. The third-order valence-corrected chi connectivity index (χ3v) is 0.940. The van der Waals surface area contributed by atoms with Crippen LogP contribution in [0.4, 0.5) is 0 Å². The van der Waals surface area contributed by atoms with E-state index in [1.165, 1.54) is 0 Å². The molecule has 0 saturated heterocycles. The van der Waals surface area contributed by atoms with E-state index < -0.39 is 5.97 Å². The monoisotopic (exact) mass is 145 g/mol. The summed E-state index contributed by atoms with van der Waals surface area (Å²) in [6.45, 7) is 2.34. The molecule has 58 valence electrons. The van der Waals surface area contributed by atoms with Crippen molar-refractivity contribution in [2.24, 2.45) is 0 Å². The van der Waals surface area contributed by atoms with Crippen molar-refractivity contribution in [3.63, 3.8) is 0 Å². The van der Waals surface area contributed by atoms with E-state index in [0.717, 1.165) is 0 Å². The standard InChI is InChI=1S/C6H11NO3/c1-2-7-5(8)3-4-6(9)10/h2-4H2,1H3,(H,7,8)(H,9,10). The van der Waals surface area contributed by atoms with Crippen molar-refractivity contribution >= 4 is 11.9 Å². The van der Waals surface area contributed by atoms with Crippen LogP contribution in [0.1, 0.15) is 19.8 Å². The molecule has 0 saturated carbocycles. The number of nitrogens with one attached hydrogen (secondary N) is 1. The summed E-state index contributed by atoms with van der Waals surface area (Å²) in [5.41, 5.74) is 0. The minimum Gasteiger partial charge on any atom is -0.481 e. The number of carbonyl (C=O) groups is 2. The summed E-state index contributed by atoms with van der Waals surface area (Å²) in [5.74, 6) is -1.14. The molecule has 0 atom stereocenters. The van der Waals surface area contributed by atoms with Gasteiger partial charge in [-0.05, 0) is 6.92 Å². The summed E-state index contributed by atoms with van der Waals surface area (Å²) in [5, 5.41) is 10.6. The summed E-state index contributed by atoms with van der Waals surface area (Å²) in [4.78, 5) is 20.5. The first-order valence-electron chi connectivity index (χ1n) is 3.15. The number of hydrogen-bond donors (Lipinski definition) is 2. The van der Waals surface area contributed by atoms with Crippen LogP contribution in [0.5, 0.6) is 0 Å². The number of carboxylic acid groups (broad SMARTS) is 1. The molecule has 0 fully saturated rings. The molecule has 0 aliphatic heterocycles. The first-order valence-corrected chi connectivity index (χ1v) is 3.15. The fraction of sp³-hybridized carbons (Fsp3) is 0.667. The molecule has 0 bridgehead atoms. The molecule has 0 heterocycles. The van der Waals surface area contributed by atoms with E-state index in [0.29, 0.717) is 6.54 Å². The van der Waals surface area contributed by atoms with Gasteiger partial charge in [0.25, 0.3) is 0 Å². The Kier molecular flexibility index (Phi) is 4.28. The second kappa shape index (κ2) is 4.78. The Morgan fingerprint density at radius 2 is 2.00 bits per heavy atom. The van der Waals surface area contributed by atoms with Crippen LogP contribution in [0.25, 0.3) is 0 Å². The van der Waals surface area contributed by atoms with Gasteiger partial charge in [-0.2, -0.15) is 0 Å². The van der Waals surface area contributed by atoms with E-state index in [9.17, 15) is 9.59 Å². The molecule has 4 heteroatoms. The summed E-state index contributed by atoms with van der Waals surface area (Å²) in [6.07, 6.45) is -0.0188. The number of hydrogen-bond acceptors (Lipinski definition) is 2. The smallest absolute Gasteiger partial charge is 0.303 e. The molecule has 0 aromatic rings. The van der Waals surface area contributed by atoms with Gasteiger partial charge in [-0.15, -0.1) is 0 Å². The first-order chi connectivity index (χ1) is 4.66. The number of rotatable bonds is 4. The molecule has 0 aromatic heterocycles. The Morgan fingerprint density at radius 1 is 1.40 bits per heavy atom. The second-order valence-corrected chi connectivity index (χ2v) is 1.85. The van der Waals surface area contributed by atoms with Crippen molar-refractivity contribution in [2.45, 2.75) is 19.8 Å². The molecule has 0 spiro atoms. The number of aliphatic carboxylic acids is 1. The summed E-state index contributed by atoms with van der Waals surface area (Å²) >= 11 is 0. The largest absolute Gasteiger partial charge is 0.481 e. The predicted molar refractivity (Wildman–Crippen MR) is 35.6 cm³/mol. The molecule has 1 amide bonds. The van der Waals surface area contributed by atoms with Crippen molar-refractivity contribution in [3.8, 4) is 0 Å². The lowest BCUT2D eigenvalue weighted by Gasteiger charge is -1.97. The second-order valence-electron chi connectivity index (χ2n) is 1.85. The molecule has 0 aromatic carbocycles. The maximum Gasteiger partial charge on any atom is 0.303 e. The van der Waals surface area contributed by atoms with Crippen LogP contribution in [0.3, 0.4) is 0 Å². The van der Waals surface area contributed by atoms with E-state index in [1.54, 1.807) is 6.92 Å². The van der Waals surface area contributed by atoms with Gasteiger partial charge in [0.15, 0.2) is 0 Å². The molecular formula is C6H11NO3. The highest BCUT2D eigenvalue weighted by Gasteiger charge is 2.02. The lowest BCUT2D eigenvalue weighted by atomic mass is 10.3. The van der Waals surface area contributed by atoms with Crippen LogP contribution in [0, 0.1) is 0 Å². The highest BCUT2D eigenvalue weighted by molar-refractivity contribution is 5.80. The van der Waals surface area contributed by atoms with Crippen LogP contribution in [-0.4, -0.2) is 23.5 Å². The molecule has 0 unspecified atom stereocenters. The van der Waals surface area contributed by atoms with Crippen molar-refractivity contribution in [1.29, 1.82) is 0 Å². The zero-order valence-electron chi connectivity index (χ0n) is 5.89. The summed E-state index contributed by atoms with van der Waals surface area (Å²) < 4.78 is 0. The van der Waals surface area contributed by atoms with Gasteiger partial charge in [-0.1, -0.05) is 0 Å². The fourth-order valence-corrected chi connectivity index (χ4v) is 0.506. The van der Waals surface area contributed by atoms with Gasteiger partial charge in [-0.25, -0.2) is 0 Å². The van der Waals surface area contributed by atoms with Gasteiger partial charge in [0.05, 0.1) is 6.42 Å². The Hall–Kier alpha value is -1.06. The normalized spacial score (nSPS) is 8.90. The third kappa shape index (κ3) is 5.08. The van der Waals surface area contributed by atoms with Gasteiger partial charge >= 0.3 is 5.97 Å². The van der Waals surface area contributed by atoms with Gasteiger partial charge in [0.1, 0.15) is 0 Å². The number of amides is 1. The molecule has 4 nitrogen and oxygen atoms in total. The Labute approximate surface area is 59.2 Å². The molecule has 10 heavy (non-hydrogen) atoms. The van der Waals surface area contributed by atoms with E-state index in [-0.39, 0.29) is 18.7 Å². The van der Waals surface area contributed by atoms with Gasteiger partial charge in [-0.3, -0.25) is 9.59 Å². The third-order valence-electron chi connectivity index (χ3n) is 0.940. The molecule has 0 rings (SSSR count). The Morgan fingerprint density at radius 3 is 2.40 bits per heavy atom. The minimum absolute atomic E-state index is 0.0726. The van der Waals surface area contributed by atoms with Gasteiger partial charge in [0, 0.05) is 13.0 Å². The van der Waals surface area contributed by atoms with Crippen molar-refractivity contribution in [3.05, 3.63) is 0 Å². The minimum atomic E-state index is -0.939. The van der Waals surface area contributed by atoms with Crippen molar-refractivity contribution in [2.75, 3.05) is 6.54 Å². The van der Waals surface area contributed by atoms with Crippen LogP contribution in [0.15, 0.2) is 0 Å². The van der Waals surface area contributed by atoms with Gasteiger partial charge < -0.3 is 10.4 Å². The topological polar surface area (TPSA) is 66.4 Å². The summed E-state index contributed by atoms with van der Waals surface area (Å²) in [7, 11) is 0. The quantitative estimate of drug-likeness (QED) is 0.584.